The van der Waals surface area contributed by atoms with Crippen LogP contribution in [0.1, 0.15) is 58.3 Å². The van der Waals surface area contributed by atoms with Gasteiger partial charge in [0.1, 0.15) is 0 Å². The summed E-state index contributed by atoms with van der Waals surface area (Å²) in [4.78, 5) is 0. The second kappa shape index (κ2) is 12.3. The minimum absolute atomic E-state index is 0.125. The molecule has 3 nitrogen and oxygen atoms in total. The Bertz CT molecular complexity index is 149. The van der Waals surface area contributed by atoms with Crippen LogP contribution in [0.4, 0.5) is 0 Å². The van der Waals surface area contributed by atoms with E-state index in [0.29, 0.717) is 6.04 Å². The Morgan fingerprint density at radius 3 is 1.88 bits per heavy atom. The van der Waals surface area contributed by atoms with Gasteiger partial charge in [-0.25, -0.2) is 0 Å². The van der Waals surface area contributed by atoms with Crippen LogP contribution >= 0.6 is 0 Å². The Hall–Kier alpha value is -0.120. The minimum atomic E-state index is -0.125. The van der Waals surface area contributed by atoms with Gasteiger partial charge in [-0.05, 0) is 13.5 Å². The van der Waals surface area contributed by atoms with Crippen molar-refractivity contribution >= 4 is 0 Å². The van der Waals surface area contributed by atoms with Crippen LogP contribution < -0.4 is 5.32 Å². The number of unbranched alkanes of at least 4 members (excludes halogenated alkanes) is 6. The summed E-state index contributed by atoms with van der Waals surface area (Å²) in [7, 11) is 5.36. The van der Waals surface area contributed by atoms with Crippen LogP contribution in [0, 0.1) is 0 Å². The van der Waals surface area contributed by atoms with Crippen molar-refractivity contribution < 1.29 is 9.47 Å². The molecule has 0 saturated heterocycles. The first-order chi connectivity index (χ1) is 8.29. The molecule has 1 N–H and O–H groups in total. The highest BCUT2D eigenvalue weighted by atomic mass is 16.7. The van der Waals surface area contributed by atoms with Crippen molar-refractivity contribution in [2.75, 3.05) is 21.3 Å². The molecule has 0 amide bonds. The van der Waals surface area contributed by atoms with Crippen LogP contribution in [0.25, 0.3) is 0 Å². The molecule has 0 aromatic carbocycles. The lowest BCUT2D eigenvalue weighted by molar-refractivity contribution is -0.123. The Labute approximate surface area is 107 Å². The van der Waals surface area contributed by atoms with Crippen molar-refractivity contribution in [2.24, 2.45) is 0 Å². The highest BCUT2D eigenvalue weighted by molar-refractivity contribution is 4.68. The van der Waals surface area contributed by atoms with E-state index in [4.69, 9.17) is 9.47 Å². The summed E-state index contributed by atoms with van der Waals surface area (Å²) in [6.45, 7) is 2.26. The number of nitrogens with one attached hydrogen (secondary N) is 1. The molecule has 0 fully saturated rings. The fourth-order valence-electron chi connectivity index (χ4n) is 2.16. The Kier molecular flexibility index (Phi) is 12.3. The molecule has 3 heteroatoms. The van der Waals surface area contributed by atoms with Crippen molar-refractivity contribution in [2.45, 2.75) is 70.6 Å². The molecule has 1 unspecified atom stereocenters. The molecule has 0 aromatic heterocycles. The lowest BCUT2D eigenvalue weighted by atomic mass is 10.0. The predicted octanol–water partition coefficient (Wildman–Crippen LogP) is 3.33. The molecule has 0 bridgehead atoms. The summed E-state index contributed by atoms with van der Waals surface area (Å²) in [5.74, 6) is 0. The van der Waals surface area contributed by atoms with Crippen molar-refractivity contribution in [3.8, 4) is 0 Å². The van der Waals surface area contributed by atoms with Gasteiger partial charge in [0, 0.05) is 14.2 Å². The summed E-state index contributed by atoms with van der Waals surface area (Å²) in [6, 6.07) is 0.306. The molecule has 17 heavy (non-hydrogen) atoms. The van der Waals surface area contributed by atoms with E-state index in [0.717, 1.165) is 6.42 Å². The number of rotatable bonds is 12. The first-order valence-corrected chi connectivity index (χ1v) is 7.03. The summed E-state index contributed by atoms with van der Waals surface area (Å²) in [5.41, 5.74) is 0. The molecule has 0 rings (SSSR count). The van der Waals surface area contributed by atoms with E-state index in [1.165, 1.54) is 44.9 Å². The quantitative estimate of drug-likeness (QED) is 0.422. The molecule has 1 atom stereocenters. The molecule has 0 aromatic rings. The molecule has 104 valence electrons. The third-order valence-corrected chi connectivity index (χ3v) is 3.28. The minimum Gasteiger partial charge on any atom is -0.354 e. The van der Waals surface area contributed by atoms with Crippen molar-refractivity contribution in [3.05, 3.63) is 0 Å². The maximum Gasteiger partial charge on any atom is 0.171 e. The molecule has 0 radical (unpaired) electrons. The number of methoxy groups -OCH3 is 2. The van der Waals surface area contributed by atoms with Crippen molar-refractivity contribution in [1.29, 1.82) is 0 Å². The van der Waals surface area contributed by atoms with E-state index in [2.05, 4.69) is 12.2 Å². The van der Waals surface area contributed by atoms with E-state index < -0.39 is 0 Å². The SMILES string of the molecule is CCCCCCCCCC(NC)C(OC)OC. The maximum absolute atomic E-state index is 5.28. The second-order valence-electron chi connectivity index (χ2n) is 4.64. The topological polar surface area (TPSA) is 30.5 Å². The van der Waals surface area contributed by atoms with Gasteiger partial charge in [0.25, 0.3) is 0 Å². The average molecular weight is 245 g/mol. The van der Waals surface area contributed by atoms with Gasteiger partial charge >= 0.3 is 0 Å². The lowest BCUT2D eigenvalue weighted by Gasteiger charge is -2.24. The van der Waals surface area contributed by atoms with Gasteiger partial charge in [-0.3, -0.25) is 0 Å². The number of likely N-dealkylation sites (N-methyl/N-ethyl adjacent to an activating group) is 1. The highest BCUT2D eigenvalue weighted by Crippen LogP contribution is 2.12. The normalized spacial score (nSPS) is 13.2. The molecule has 0 heterocycles. The van der Waals surface area contributed by atoms with Gasteiger partial charge in [-0.2, -0.15) is 0 Å². The lowest BCUT2D eigenvalue weighted by Crippen LogP contribution is -2.39. The smallest absolute Gasteiger partial charge is 0.171 e. The number of hydrogen-bond donors (Lipinski definition) is 1. The average Bonchev–Trinajstić information content (AvgIpc) is 2.36. The maximum atomic E-state index is 5.28. The van der Waals surface area contributed by atoms with Crippen LogP contribution in [-0.2, 0) is 9.47 Å². The summed E-state index contributed by atoms with van der Waals surface area (Å²) >= 11 is 0. The van der Waals surface area contributed by atoms with E-state index in [-0.39, 0.29) is 6.29 Å². The largest absolute Gasteiger partial charge is 0.354 e. The van der Waals surface area contributed by atoms with Crippen molar-refractivity contribution in [3.63, 3.8) is 0 Å². The van der Waals surface area contributed by atoms with Crippen LogP contribution in [0.3, 0.4) is 0 Å². The van der Waals surface area contributed by atoms with E-state index in [1.807, 2.05) is 7.05 Å². The summed E-state index contributed by atoms with van der Waals surface area (Å²) in [6.07, 6.45) is 10.4. The van der Waals surface area contributed by atoms with Gasteiger partial charge in [-0.1, -0.05) is 51.9 Å². The predicted molar refractivity (Wildman–Crippen MR) is 73.3 cm³/mol. The van der Waals surface area contributed by atoms with Crippen LogP contribution in [0.15, 0.2) is 0 Å². The third kappa shape index (κ3) is 8.58. The van der Waals surface area contributed by atoms with Gasteiger partial charge in [-0.15, -0.1) is 0 Å². The van der Waals surface area contributed by atoms with Crippen LogP contribution in [0.2, 0.25) is 0 Å². The fourth-order valence-corrected chi connectivity index (χ4v) is 2.16. The molecule has 0 aliphatic rings. The zero-order valence-corrected chi connectivity index (χ0v) is 12.1. The molecule has 0 saturated carbocycles. The van der Waals surface area contributed by atoms with E-state index in [9.17, 15) is 0 Å². The number of hydrogen-bond acceptors (Lipinski definition) is 3. The molecule has 0 aliphatic heterocycles. The summed E-state index contributed by atoms with van der Waals surface area (Å²) in [5, 5.41) is 3.27. The summed E-state index contributed by atoms with van der Waals surface area (Å²) < 4.78 is 10.6. The molecular formula is C14H31NO2. The fraction of sp³-hybridized carbons (Fsp3) is 1.00. The molecule has 0 spiro atoms. The van der Waals surface area contributed by atoms with Gasteiger partial charge in [0.15, 0.2) is 6.29 Å². The van der Waals surface area contributed by atoms with E-state index >= 15 is 0 Å². The second-order valence-corrected chi connectivity index (χ2v) is 4.64. The van der Waals surface area contributed by atoms with Gasteiger partial charge in [0.2, 0.25) is 0 Å². The standard InChI is InChI=1S/C14H31NO2/c1-5-6-7-8-9-10-11-12-13(15-2)14(16-3)17-4/h13-15H,5-12H2,1-4H3. The molecular weight excluding hydrogens is 214 g/mol. The molecule has 0 aliphatic carbocycles. The Balaban J connectivity index is 3.49. The zero-order valence-electron chi connectivity index (χ0n) is 12.1. The Morgan fingerprint density at radius 1 is 0.882 bits per heavy atom. The third-order valence-electron chi connectivity index (χ3n) is 3.28. The van der Waals surface area contributed by atoms with Crippen molar-refractivity contribution in [1.82, 2.24) is 5.32 Å². The first-order valence-electron chi connectivity index (χ1n) is 7.03. The first kappa shape index (κ1) is 16.9. The van der Waals surface area contributed by atoms with Crippen LogP contribution in [0.5, 0.6) is 0 Å². The Morgan fingerprint density at radius 2 is 1.41 bits per heavy atom. The van der Waals surface area contributed by atoms with Crippen LogP contribution in [-0.4, -0.2) is 33.6 Å². The zero-order chi connectivity index (χ0) is 12.9. The highest BCUT2D eigenvalue weighted by Gasteiger charge is 2.17. The number of ether oxygens (including phenoxy) is 2. The van der Waals surface area contributed by atoms with Gasteiger partial charge < -0.3 is 14.8 Å². The van der Waals surface area contributed by atoms with Gasteiger partial charge in [0.05, 0.1) is 6.04 Å². The monoisotopic (exact) mass is 245 g/mol. The van der Waals surface area contributed by atoms with E-state index in [1.54, 1.807) is 14.2 Å².